The van der Waals surface area contributed by atoms with Crippen molar-refractivity contribution in [3.63, 3.8) is 0 Å². The fraction of sp³-hybridized carbons (Fsp3) is 0.700. The Labute approximate surface area is 79.6 Å². The fourth-order valence-electron chi connectivity index (χ4n) is 1.78. The first-order chi connectivity index (χ1) is 6.29. The van der Waals surface area contributed by atoms with E-state index in [-0.39, 0.29) is 11.9 Å². The van der Waals surface area contributed by atoms with Crippen molar-refractivity contribution in [1.82, 2.24) is 4.90 Å². The van der Waals surface area contributed by atoms with Crippen LogP contribution in [0.1, 0.15) is 25.7 Å². The molecule has 1 amide bonds. The average molecular weight is 182 g/mol. The summed E-state index contributed by atoms with van der Waals surface area (Å²) < 4.78 is 0. The van der Waals surface area contributed by atoms with Crippen LogP contribution >= 0.6 is 0 Å². The summed E-state index contributed by atoms with van der Waals surface area (Å²) in [5, 5.41) is 0. The molecule has 13 heavy (non-hydrogen) atoms. The zero-order valence-corrected chi connectivity index (χ0v) is 8.04. The second kappa shape index (κ2) is 5.02. The molecular formula is C10H18N2O. The summed E-state index contributed by atoms with van der Waals surface area (Å²) in [6.45, 7) is 5.09. The fourth-order valence-corrected chi connectivity index (χ4v) is 1.78. The number of hydrogen-bond donors (Lipinski definition) is 1. The van der Waals surface area contributed by atoms with Crippen molar-refractivity contribution in [3.8, 4) is 0 Å². The van der Waals surface area contributed by atoms with E-state index >= 15 is 0 Å². The van der Waals surface area contributed by atoms with Crippen molar-refractivity contribution in [2.75, 3.05) is 13.1 Å². The highest BCUT2D eigenvalue weighted by Crippen LogP contribution is 2.17. The maximum Gasteiger partial charge on any atom is 0.223 e. The summed E-state index contributed by atoms with van der Waals surface area (Å²) in [5.41, 5.74) is 5.58. The molecule has 74 valence electrons. The van der Waals surface area contributed by atoms with Crippen molar-refractivity contribution in [2.24, 2.45) is 5.73 Å². The minimum absolute atomic E-state index is 0.229. The van der Waals surface area contributed by atoms with Gasteiger partial charge in [-0.15, -0.1) is 6.58 Å². The highest BCUT2D eigenvalue weighted by molar-refractivity contribution is 5.77. The SMILES string of the molecule is C=CCCC(=O)N1CCCC1CN. The van der Waals surface area contributed by atoms with Crippen LogP contribution in [-0.4, -0.2) is 29.9 Å². The molecule has 0 spiro atoms. The first-order valence-electron chi connectivity index (χ1n) is 4.90. The van der Waals surface area contributed by atoms with E-state index < -0.39 is 0 Å². The van der Waals surface area contributed by atoms with Crippen molar-refractivity contribution >= 4 is 5.91 Å². The van der Waals surface area contributed by atoms with Crippen molar-refractivity contribution in [1.29, 1.82) is 0 Å². The van der Waals surface area contributed by atoms with Crippen LogP contribution in [0, 0.1) is 0 Å². The Morgan fingerprint density at radius 3 is 3.08 bits per heavy atom. The van der Waals surface area contributed by atoms with Crippen molar-refractivity contribution in [2.45, 2.75) is 31.7 Å². The van der Waals surface area contributed by atoms with Gasteiger partial charge in [-0.1, -0.05) is 6.08 Å². The molecule has 1 aliphatic heterocycles. The molecule has 0 aromatic carbocycles. The normalized spacial score (nSPS) is 21.9. The highest BCUT2D eigenvalue weighted by Gasteiger charge is 2.26. The van der Waals surface area contributed by atoms with Gasteiger partial charge in [0.2, 0.25) is 5.91 Å². The number of hydrogen-bond acceptors (Lipinski definition) is 2. The summed E-state index contributed by atoms with van der Waals surface area (Å²) in [6, 6.07) is 0.289. The third-order valence-electron chi connectivity index (χ3n) is 2.53. The summed E-state index contributed by atoms with van der Waals surface area (Å²) in [5.74, 6) is 0.229. The van der Waals surface area contributed by atoms with E-state index in [1.165, 1.54) is 0 Å². The van der Waals surface area contributed by atoms with Gasteiger partial charge in [0.1, 0.15) is 0 Å². The maximum absolute atomic E-state index is 11.6. The molecule has 0 bridgehead atoms. The Hall–Kier alpha value is -0.830. The smallest absolute Gasteiger partial charge is 0.223 e. The first-order valence-corrected chi connectivity index (χ1v) is 4.90. The quantitative estimate of drug-likeness (QED) is 0.657. The van der Waals surface area contributed by atoms with E-state index in [0.29, 0.717) is 13.0 Å². The number of nitrogens with two attached hydrogens (primary N) is 1. The van der Waals surface area contributed by atoms with E-state index in [9.17, 15) is 4.79 Å². The lowest BCUT2D eigenvalue weighted by Gasteiger charge is -2.23. The number of nitrogens with zero attached hydrogens (tertiary/aromatic N) is 1. The van der Waals surface area contributed by atoms with Gasteiger partial charge in [-0.05, 0) is 19.3 Å². The van der Waals surface area contributed by atoms with Crippen LogP contribution in [0.5, 0.6) is 0 Å². The Balaban J connectivity index is 2.40. The Kier molecular flexibility index (Phi) is 3.96. The first kappa shape index (κ1) is 10.3. The number of amides is 1. The lowest BCUT2D eigenvalue weighted by molar-refractivity contribution is -0.131. The predicted molar refractivity (Wildman–Crippen MR) is 53.2 cm³/mol. The molecule has 1 heterocycles. The van der Waals surface area contributed by atoms with E-state index in [2.05, 4.69) is 6.58 Å². The van der Waals surface area contributed by atoms with Gasteiger partial charge >= 0.3 is 0 Å². The second-order valence-corrected chi connectivity index (χ2v) is 3.45. The minimum Gasteiger partial charge on any atom is -0.338 e. The summed E-state index contributed by atoms with van der Waals surface area (Å²) in [4.78, 5) is 13.5. The lowest BCUT2D eigenvalue weighted by Crippen LogP contribution is -2.39. The average Bonchev–Trinajstić information content (AvgIpc) is 2.61. The largest absolute Gasteiger partial charge is 0.338 e. The molecule has 0 aromatic heterocycles. The van der Waals surface area contributed by atoms with E-state index in [4.69, 9.17) is 5.73 Å². The standard InChI is InChI=1S/C10H18N2O/c1-2-3-6-10(13)12-7-4-5-9(12)8-11/h2,9H,1,3-8,11H2. The van der Waals surface area contributed by atoms with Crippen molar-refractivity contribution in [3.05, 3.63) is 12.7 Å². The number of allylic oxidation sites excluding steroid dienone is 1. The van der Waals surface area contributed by atoms with Gasteiger partial charge in [0.25, 0.3) is 0 Å². The molecule has 0 saturated carbocycles. The molecule has 3 heteroatoms. The van der Waals surface area contributed by atoms with Crippen LogP contribution < -0.4 is 5.73 Å². The number of likely N-dealkylation sites (tertiary alicyclic amines) is 1. The Morgan fingerprint density at radius 1 is 1.69 bits per heavy atom. The molecule has 0 radical (unpaired) electrons. The molecular weight excluding hydrogens is 164 g/mol. The van der Waals surface area contributed by atoms with E-state index in [1.807, 2.05) is 4.90 Å². The number of rotatable bonds is 4. The molecule has 3 nitrogen and oxygen atoms in total. The van der Waals surface area contributed by atoms with Gasteiger partial charge in [0, 0.05) is 25.6 Å². The van der Waals surface area contributed by atoms with Gasteiger partial charge < -0.3 is 10.6 Å². The van der Waals surface area contributed by atoms with Crippen molar-refractivity contribution < 1.29 is 4.79 Å². The van der Waals surface area contributed by atoms with Crippen LogP contribution in [-0.2, 0) is 4.79 Å². The van der Waals surface area contributed by atoms with Crippen LogP contribution in [0.3, 0.4) is 0 Å². The van der Waals surface area contributed by atoms with Crippen LogP contribution in [0.2, 0.25) is 0 Å². The molecule has 2 N–H and O–H groups in total. The van der Waals surface area contributed by atoms with Crippen LogP contribution in [0.25, 0.3) is 0 Å². The molecule has 0 aromatic rings. The molecule has 1 unspecified atom stereocenters. The van der Waals surface area contributed by atoms with Crippen LogP contribution in [0.4, 0.5) is 0 Å². The zero-order valence-electron chi connectivity index (χ0n) is 8.04. The molecule has 0 aliphatic carbocycles. The van der Waals surface area contributed by atoms with Gasteiger partial charge in [-0.25, -0.2) is 0 Å². The number of carbonyl (C=O) groups is 1. The zero-order chi connectivity index (χ0) is 9.68. The van der Waals surface area contributed by atoms with Gasteiger partial charge in [0.15, 0.2) is 0 Å². The molecule has 1 atom stereocenters. The lowest BCUT2D eigenvalue weighted by atomic mass is 10.2. The third kappa shape index (κ3) is 2.56. The molecule has 1 aliphatic rings. The Bertz CT molecular complexity index is 191. The molecule has 1 saturated heterocycles. The summed E-state index contributed by atoms with van der Waals surface area (Å²) in [7, 11) is 0. The molecule has 1 rings (SSSR count). The predicted octanol–water partition coefficient (Wildman–Crippen LogP) is 0.902. The maximum atomic E-state index is 11.6. The Morgan fingerprint density at radius 2 is 2.46 bits per heavy atom. The van der Waals surface area contributed by atoms with Gasteiger partial charge in [-0.3, -0.25) is 4.79 Å². The monoisotopic (exact) mass is 182 g/mol. The van der Waals surface area contributed by atoms with E-state index in [1.54, 1.807) is 6.08 Å². The summed E-state index contributed by atoms with van der Waals surface area (Å²) in [6.07, 6.45) is 5.30. The van der Waals surface area contributed by atoms with Gasteiger partial charge in [0.05, 0.1) is 0 Å². The van der Waals surface area contributed by atoms with Crippen LogP contribution in [0.15, 0.2) is 12.7 Å². The van der Waals surface area contributed by atoms with E-state index in [0.717, 1.165) is 25.8 Å². The number of carbonyl (C=O) groups excluding carboxylic acids is 1. The van der Waals surface area contributed by atoms with Gasteiger partial charge in [-0.2, -0.15) is 0 Å². The third-order valence-corrected chi connectivity index (χ3v) is 2.53. The summed E-state index contributed by atoms with van der Waals surface area (Å²) >= 11 is 0. The topological polar surface area (TPSA) is 46.3 Å². The minimum atomic E-state index is 0.229. The highest BCUT2D eigenvalue weighted by atomic mass is 16.2. The second-order valence-electron chi connectivity index (χ2n) is 3.45. The molecule has 1 fully saturated rings.